The van der Waals surface area contributed by atoms with Crippen LogP contribution in [0.5, 0.6) is 5.75 Å². The van der Waals surface area contributed by atoms with E-state index in [4.69, 9.17) is 48.1 Å². The predicted molar refractivity (Wildman–Crippen MR) is 163 cm³/mol. The van der Waals surface area contributed by atoms with Crippen molar-refractivity contribution in [3.05, 3.63) is 65.9 Å². The van der Waals surface area contributed by atoms with Crippen LogP contribution in [0.25, 0.3) is 10.9 Å². The number of carboxylic acids is 4. The Balaban J connectivity index is 0.000000347. The van der Waals surface area contributed by atoms with E-state index in [1.165, 1.54) is 0 Å². The zero-order valence-corrected chi connectivity index (χ0v) is 24.4. The molecule has 1 heterocycles. The Kier molecular flexibility index (Phi) is 16.2. The van der Waals surface area contributed by atoms with Crippen LogP contribution in [0.15, 0.2) is 54.7 Å². The number of esters is 1. The molecule has 0 aliphatic rings. The quantitative estimate of drug-likeness (QED) is 0.0681. The number of ether oxygens (including phenoxy) is 1. The summed E-state index contributed by atoms with van der Waals surface area (Å²) in [5.41, 5.74) is 24.1. The maximum Gasteiger partial charge on any atom is 0.329 e. The lowest BCUT2D eigenvalue weighted by atomic mass is 10.1. The number of hydrogen-bond donors (Lipinski definition) is 10. The van der Waals surface area contributed by atoms with E-state index in [9.17, 15) is 24.0 Å². The van der Waals surface area contributed by atoms with Crippen molar-refractivity contribution in [2.24, 2.45) is 22.9 Å². The number of hydrogen-bond acceptors (Lipinski definition) is 11. The average Bonchev–Trinajstić information content (AvgIpc) is 3.39. The number of nitrogens with two attached hydrogens (primary N) is 4. The van der Waals surface area contributed by atoms with Gasteiger partial charge in [0.15, 0.2) is 0 Å². The Labute approximate surface area is 257 Å². The summed E-state index contributed by atoms with van der Waals surface area (Å²) < 4.78 is 5.01. The Morgan fingerprint density at radius 1 is 0.750 bits per heavy atom. The molecule has 0 saturated carbocycles. The molecule has 0 fully saturated rings. The zero-order valence-electron chi connectivity index (χ0n) is 23.5. The van der Waals surface area contributed by atoms with E-state index in [1.807, 2.05) is 30.5 Å². The molecule has 0 aliphatic carbocycles. The third-order valence-corrected chi connectivity index (χ3v) is 6.23. The second kappa shape index (κ2) is 18.9. The summed E-state index contributed by atoms with van der Waals surface area (Å²) in [6, 6.07) is 10.6. The van der Waals surface area contributed by atoms with Crippen LogP contribution in [-0.2, 0) is 36.8 Å². The molecular weight excluding hydrogens is 598 g/mol. The first-order valence-corrected chi connectivity index (χ1v) is 13.7. The molecular formula is C28H37N5O10S. The van der Waals surface area contributed by atoms with Crippen molar-refractivity contribution in [1.82, 2.24) is 4.98 Å². The Bertz CT molecular complexity index is 1400. The normalized spacial score (nSPS) is 13.1. The molecule has 0 spiro atoms. The van der Waals surface area contributed by atoms with Crippen LogP contribution in [0.4, 0.5) is 0 Å². The summed E-state index contributed by atoms with van der Waals surface area (Å²) >= 11 is 3.90. The van der Waals surface area contributed by atoms with Gasteiger partial charge in [-0.15, -0.1) is 0 Å². The minimum atomic E-state index is -1.17. The molecule has 0 saturated heterocycles. The smallest absolute Gasteiger partial charge is 0.329 e. The molecule has 15 nitrogen and oxygen atoms in total. The van der Waals surface area contributed by atoms with Crippen molar-refractivity contribution in [3.63, 3.8) is 0 Å². The van der Waals surface area contributed by atoms with Crippen molar-refractivity contribution in [1.29, 1.82) is 0 Å². The zero-order chi connectivity index (χ0) is 33.4. The minimum Gasteiger partial charge on any atom is -0.481 e. The van der Waals surface area contributed by atoms with Gasteiger partial charge in [-0.25, -0.2) is 4.79 Å². The predicted octanol–water partition coefficient (Wildman–Crippen LogP) is 0.189. The fourth-order valence-corrected chi connectivity index (χ4v) is 3.48. The second-order valence-electron chi connectivity index (χ2n) is 9.39. The van der Waals surface area contributed by atoms with Gasteiger partial charge in [0.05, 0.1) is 0 Å². The van der Waals surface area contributed by atoms with Crippen molar-refractivity contribution >= 4 is 53.4 Å². The van der Waals surface area contributed by atoms with Gasteiger partial charge in [-0.05, 0) is 42.2 Å². The fourth-order valence-electron chi connectivity index (χ4n) is 3.33. The van der Waals surface area contributed by atoms with Crippen LogP contribution < -0.4 is 27.7 Å². The van der Waals surface area contributed by atoms with Crippen LogP contribution in [-0.4, -0.2) is 85.2 Å². The van der Waals surface area contributed by atoms with E-state index in [-0.39, 0.29) is 25.0 Å². The third-order valence-electron chi connectivity index (χ3n) is 5.83. The lowest BCUT2D eigenvalue weighted by Crippen LogP contribution is -2.35. The van der Waals surface area contributed by atoms with Gasteiger partial charge in [-0.2, -0.15) is 12.6 Å². The molecule has 0 bridgehead atoms. The van der Waals surface area contributed by atoms with E-state index >= 15 is 0 Å². The standard InChI is InChI=1S/C12H16N2O4S.C11H12N2O2.C5H9NO4/c13-9(11(15)16)5-7-1-3-8(4-2-7)18-12(17)10(14)6-19;12-9(11(14)15)5-7-6-13-10-4-2-1-3-8(7)10;6-3(5(9)10)1-2-4(7)8/h1-4,9-10,19H,5-6,13-14H2,(H,15,16);1-4,6,9,13H,5,12H2,(H,14,15);3H,1-2,6H2,(H,7,8)(H,9,10)/t9-,10-;9-;3-/m000/s1. The summed E-state index contributed by atoms with van der Waals surface area (Å²) in [5.74, 6) is -4.25. The molecule has 0 unspecified atom stereocenters. The number of thiol groups is 1. The van der Waals surface area contributed by atoms with Gasteiger partial charge in [0.2, 0.25) is 0 Å². The number of aromatic nitrogens is 1. The number of aromatic amines is 1. The number of para-hydroxylation sites is 1. The molecule has 4 atom stereocenters. The molecule has 3 rings (SSSR count). The number of aliphatic carboxylic acids is 4. The Morgan fingerprint density at radius 3 is 1.82 bits per heavy atom. The van der Waals surface area contributed by atoms with Crippen molar-refractivity contribution in [2.45, 2.75) is 49.9 Å². The second-order valence-corrected chi connectivity index (χ2v) is 9.75. The van der Waals surface area contributed by atoms with Gasteiger partial charge in [0.25, 0.3) is 0 Å². The number of fused-ring (bicyclic) bond motifs is 1. The van der Waals surface area contributed by atoms with E-state index < -0.39 is 54.0 Å². The Morgan fingerprint density at radius 2 is 1.30 bits per heavy atom. The van der Waals surface area contributed by atoms with Gasteiger partial charge in [0.1, 0.15) is 29.9 Å². The van der Waals surface area contributed by atoms with Crippen LogP contribution in [0.3, 0.4) is 0 Å². The molecule has 13 N–H and O–H groups in total. The van der Waals surface area contributed by atoms with E-state index in [0.717, 1.165) is 22.0 Å². The summed E-state index contributed by atoms with van der Waals surface area (Å²) in [7, 11) is 0. The number of carbonyl (C=O) groups excluding carboxylic acids is 1. The maximum atomic E-state index is 11.4. The molecule has 16 heteroatoms. The maximum absolute atomic E-state index is 11.4. The summed E-state index contributed by atoms with van der Waals surface area (Å²) in [4.78, 5) is 55.6. The van der Waals surface area contributed by atoms with E-state index in [1.54, 1.807) is 24.3 Å². The van der Waals surface area contributed by atoms with Gasteiger partial charge < -0.3 is 53.1 Å². The van der Waals surface area contributed by atoms with Crippen LogP contribution in [0.1, 0.15) is 24.0 Å². The van der Waals surface area contributed by atoms with Crippen molar-refractivity contribution in [2.75, 3.05) is 5.75 Å². The monoisotopic (exact) mass is 635 g/mol. The highest BCUT2D eigenvalue weighted by Crippen LogP contribution is 2.18. The lowest BCUT2D eigenvalue weighted by Gasteiger charge is -2.10. The molecule has 3 aromatic rings. The topological polar surface area (TPSA) is 295 Å². The van der Waals surface area contributed by atoms with Crippen molar-refractivity contribution in [3.8, 4) is 5.75 Å². The molecule has 0 amide bonds. The minimum absolute atomic E-state index is 0.0231. The number of nitrogens with one attached hydrogen (secondary N) is 1. The first-order valence-electron chi connectivity index (χ1n) is 13.0. The third kappa shape index (κ3) is 13.7. The van der Waals surface area contributed by atoms with Crippen LogP contribution >= 0.6 is 12.6 Å². The SMILES string of the molecule is N[C@@H](CCC(=O)O)C(=O)O.N[C@@H](Cc1c[nH]c2ccccc12)C(=O)O.N[C@@H](Cc1ccc(OC(=O)[C@@H](N)CS)cc1)C(=O)O. The van der Waals surface area contributed by atoms with Gasteiger partial charge in [-0.1, -0.05) is 30.3 Å². The van der Waals surface area contributed by atoms with Crippen LogP contribution in [0, 0.1) is 0 Å². The number of carbonyl (C=O) groups is 5. The van der Waals surface area contributed by atoms with Crippen LogP contribution in [0.2, 0.25) is 0 Å². The molecule has 2 aromatic carbocycles. The highest BCUT2D eigenvalue weighted by molar-refractivity contribution is 7.80. The summed E-state index contributed by atoms with van der Waals surface area (Å²) in [6.07, 6.45) is 2.14. The average molecular weight is 636 g/mol. The van der Waals surface area contributed by atoms with Gasteiger partial charge in [-0.3, -0.25) is 19.2 Å². The lowest BCUT2D eigenvalue weighted by molar-refractivity contribution is -0.141. The van der Waals surface area contributed by atoms with Gasteiger partial charge >= 0.3 is 29.8 Å². The summed E-state index contributed by atoms with van der Waals surface area (Å²) in [5, 5.41) is 34.7. The number of rotatable bonds is 13. The highest BCUT2D eigenvalue weighted by atomic mass is 32.1. The van der Waals surface area contributed by atoms with E-state index in [0.29, 0.717) is 12.2 Å². The molecule has 240 valence electrons. The van der Waals surface area contributed by atoms with Crippen molar-refractivity contribution < 1.29 is 49.1 Å². The molecule has 44 heavy (non-hydrogen) atoms. The number of benzene rings is 2. The Hall–Kier alpha value is -4.48. The first-order chi connectivity index (χ1) is 20.7. The molecule has 0 radical (unpaired) electrons. The summed E-state index contributed by atoms with van der Waals surface area (Å²) in [6.45, 7) is 0. The first kappa shape index (κ1) is 37.5. The molecule has 0 aliphatic heterocycles. The highest BCUT2D eigenvalue weighted by Gasteiger charge is 2.16. The number of H-pyrrole nitrogens is 1. The molecule has 1 aromatic heterocycles. The largest absolute Gasteiger partial charge is 0.481 e. The van der Waals surface area contributed by atoms with E-state index in [2.05, 4.69) is 17.6 Å². The number of carboxylic acid groups (broad SMARTS) is 4. The fraction of sp³-hybridized carbons (Fsp3) is 0.321. The van der Waals surface area contributed by atoms with Gasteiger partial charge in [0, 0.05) is 35.7 Å².